The molecule has 0 aromatic heterocycles. The Hall–Kier alpha value is -1.69. The van der Waals surface area contributed by atoms with Gasteiger partial charge >= 0.3 is 6.36 Å². The van der Waals surface area contributed by atoms with E-state index in [-0.39, 0.29) is 23.6 Å². The second kappa shape index (κ2) is 10.1. The van der Waals surface area contributed by atoms with E-state index in [0.29, 0.717) is 24.1 Å². The zero-order valence-corrected chi connectivity index (χ0v) is 20.1. The maximum Gasteiger partial charge on any atom is 0.523 e. The molecule has 6 heteroatoms. The topological polar surface area (TPSA) is 9.23 Å². The molecule has 2 aromatic rings. The van der Waals surface area contributed by atoms with E-state index < -0.39 is 35.1 Å². The maximum absolute atomic E-state index is 15.9. The molecular weight excluding hydrogens is 447 g/mol. The van der Waals surface area contributed by atoms with Gasteiger partial charge in [-0.1, -0.05) is 83.1 Å². The smallest absolute Gasteiger partial charge is 0.280 e. The molecule has 2 aliphatic rings. The van der Waals surface area contributed by atoms with Crippen molar-refractivity contribution in [1.82, 2.24) is 0 Å². The summed E-state index contributed by atoms with van der Waals surface area (Å²) >= 11 is 0. The number of hydrogen-bond acceptors (Lipinski definition) is 1. The van der Waals surface area contributed by atoms with Crippen molar-refractivity contribution in [3.8, 4) is 0 Å². The summed E-state index contributed by atoms with van der Waals surface area (Å²) in [5, 5.41) is 0.460. The molecular formula is C28H35F5O. The van der Waals surface area contributed by atoms with E-state index in [2.05, 4.69) is 6.92 Å². The Morgan fingerprint density at radius 1 is 1.03 bits per heavy atom. The van der Waals surface area contributed by atoms with Crippen LogP contribution in [-0.2, 0) is 10.3 Å². The van der Waals surface area contributed by atoms with Gasteiger partial charge in [0, 0.05) is 5.39 Å². The molecule has 0 amide bonds. The lowest BCUT2D eigenvalue weighted by Gasteiger charge is -2.50. The number of benzene rings is 2. The van der Waals surface area contributed by atoms with Gasteiger partial charge in [-0.2, -0.15) is 0 Å². The summed E-state index contributed by atoms with van der Waals surface area (Å²) in [6, 6.07) is 7.50. The quantitative estimate of drug-likeness (QED) is 0.373. The van der Waals surface area contributed by atoms with Gasteiger partial charge in [0.25, 0.3) is 0 Å². The normalized spacial score (nSPS) is 29.3. The number of hydrogen-bond donors (Lipinski definition) is 0. The predicted octanol–water partition coefficient (Wildman–Crippen LogP) is 9.28. The van der Waals surface area contributed by atoms with Gasteiger partial charge in [-0.05, 0) is 54.4 Å². The first kappa shape index (κ1) is 25.4. The van der Waals surface area contributed by atoms with Crippen LogP contribution in [-0.4, -0.2) is 6.36 Å². The van der Waals surface area contributed by atoms with Crippen molar-refractivity contribution in [3.05, 3.63) is 47.5 Å². The molecule has 2 aromatic carbocycles. The number of rotatable bonds is 6. The Labute approximate surface area is 199 Å². The number of alkyl halides is 3. The van der Waals surface area contributed by atoms with Gasteiger partial charge in [-0.15, -0.1) is 13.2 Å². The highest BCUT2D eigenvalue weighted by Crippen LogP contribution is 2.55. The average Bonchev–Trinajstić information content (AvgIpc) is 2.78. The van der Waals surface area contributed by atoms with E-state index in [9.17, 15) is 13.2 Å². The van der Waals surface area contributed by atoms with E-state index in [0.717, 1.165) is 51.0 Å². The van der Waals surface area contributed by atoms with Crippen molar-refractivity contribution >= 4 is 10.8 Å². The minimum atomic E-state index is -5.00. The molecule has 2 fully saturated rings. The Morgan fingerprint density at radius 3 is 2.47 bits per heavy atom. The molecule has 188 valence electrons. The zero-order valence-electron chi connectivity index (χ0n) is 20.1. The van der Waals surface area contributed by atoms with Crippen molar-refractivity contribution in [1.29, 1.82) is 0 Å². The van der Waals surface area contributed by atoms with E-state index in [4.69, 9.17) is 4.74 Å². The van der Waals surface area contributed by atoms with E-state index >= 15 is 8.78 Å². The van der Waals surface area contributed by atoms with Crippen LogP contribution >= 0.6 is 0 Å². The van der Waals surface area contributed by atoms with Crippen molar-refractivity contribution in [2.24, 2.45) is 23.7 Å². The lowest BCUT2D eigenvalue weighted by atomic mass is 9.59. The largest absolute Gasteiger partial charge is 0.523 e. The van der Waals surface area contributed by atoms with Crippen molar-refractivity contribution < 1.29 is 26.7 Å². The SMILES string of the molecule is CCCC1CCCCC1C(C)C1CCCCC1(OC(F)(F)F)c1c(F)cc2ccccc2c1F. The zero-order chi connectivity index (χ0) is 24.5. The molecule has 0 heterocycles. The predicted molar refractivity (Wildman–Crippen MR) is 124 cm³/mol. The van der Waals surface area contributed by atoms with E-state index in [1.807, 2.05) is 6.92 Å². The number of halogens is 5. The van der Waals surface area contributed by atoms with Crippen LogP contribution in [0.5, 0.6) is 0 Å². The van der Waals surface area contributed by atoms with Crippen LogP contribution in [0, 0.1) is 35.3 Å². The van der Waals surface area contributed by atoms with Crippen LogP contribution in [0.2, 0.25) is 0 Å². The van der Waals surface area contributed by atoms with Gasteiger partial charge in [-0.3, -0.25) is 4.74 Å². The molecule has 2 aliphatic carbocycles. The molecule has 2 saturated carbocycles. The third kappa shape index (κ3) is 4.84. The molecule has 0 spiro atoms. The van der Waals surface area contributed by atoms with Gasteiger partial charge in [0.2, 0.25) is 0 Å². The number of ether oxygens (including phenoxy) is 1. The first-order valence-corrected chi connectivity index (χ1v) is 12.8. The first-order chi connectivity index (χ1) is 16.2. The lowest BCUT2D eigenvalue weighted by molar-refractivity contribution is -0.388. The highest BCUT2D eigenvalue weighted by atomic mass is 19.4. The molecule has 5 atom stereocenters. The molecule has 0 aliphatic heterocycles. The summed E-state index contributed by atoms with van der Waals surface area (Å²) in [5.74, 6) is -1.95. The summed E-state index contributed by atoms with van der Waals surface area (Å²) in [4.78, 5) is 0. The fourth-order valence-corrected chi connectivity index (χ4v) is 7.17. The monoisotopic (exact) mass is 482 g/mol. The second-order valence-corrected chi connectivity index (χ2v) is 10.4. The van der Waals surface area contributed by atoms with Crippen LogP contribution in [0.15, 0.2) is 30.3 Å². The fraction of sp³-hybridized carbons (Fsp3) is 0.643. The minimum Gasteiger partial charge on any atom is -0.280 e. The molecule has 0 N–H and O–H groups in total. The molecule has 5 unspecified atom stereocenters. The molecule has 34 heavy (non-hydrogen) atoms. The minimum absolute atomic E-state index is 0.0428. The van der Waals surface area contributed by atoms with Crippen LogP contribution in [0.25, 0.3) is 10.8 Å². The van der Waals surface area contributed by atoms with Crippen molar-refractivity contribution in [2.75, 3.05) is 0 Å². The molecule has 4 rings (SSSR count). The molecule has 0 radical (unpaired) electrons. The van der Waals surface area contributed by atoms with Crippen molar-refractivity contribution in [3.63, 3.8) is 0 Å². The van der Waals surface area contributed by atoms with Gasteiger partial charge in [0.05, 0.1) is 5.56 Å². The molecule has 1 nitrogen and oxygen atoms in total. The Morgan fingerprint density at radius 2 is 1.74 bits per heavy atom. The van der Waals surface area contributed by atoms with E-state index in [1.165, 1.54) is 6.07 Å². The summed E-state index contributed by atoms with van der Waals surface area (Å²) in [6.07, 6.45) is 2.86. The highest BCUT2D eigenvalue weighted by Gasteiger charge is 2.56. The Bertz CT molecular complexity index is 985. The van der Waals surface area contributed by atoms with Crippen LogP contribution in [0.1, 0.15) is 83.6 Å². The van der Waals surface area contributed by atoms with Crippen LogP contribution in [0.3, 0.4) is 0 Å². The standard InChI is InChI=1S/C28H35F5O/c1-3-10-19-11-4-6-13-21(19)18(2)23-15-8-9-16-27(23,34-28(31,32)33)25-24(29)17-20-12-5-7-14-22(20)26(25)30/h5,7,12,14,17-19,21,23H,3-4,6,8-11,13,15-16H2,1-2H3. The van der Waals surface area contributed by atoms with Crippen LogP contribution < -0.4 is 0 Å². The van der Waals surface area contributed by atoms with Crippen LogP contribution in [0.4, 0.5) is 22.0 Å². The summed E-state index contributed by atoms with van der Waals surface area (Å²) in [7, 11) is 0. The highest BCUT2D eigenvalue weighted by molar-refractivity contribution is 5.84. The van der Waals surface area contributed by atoms with Crippen molar-refractivity contribution in [2.45, 2.75) is 90.0 Å². The third-order valence-electron chi connectivity index (χ3n) is 8.51. The van der Waals surface area contributed by atoms with E-state index in [1.54, 1.807) is 18.2 Å². The second-order valence-electron chi connectivity index (χ2n) is 10.4. The first-order valence-electron chi connectivity index (χ1n) is 12.8. The average molecular weight is 483 g/mol. The number of fused-ring (bicyclic) bond motifs is 1. The molecule has 0 bridgehead atoms. The summed E-state index contributed by atoms with van der Waals surface area (Å²) in [6.45, 7) is 4.13. The third-order valence-corrected chi connectivity index (χ3v) is 8.51. The van der Waals surface area contributed by atoms with Gasteiger partial charge in [0.15, 0.2) is 0 Å². The Balaban J connectivity index is 1.87. The van der Waals surface area contributed by atoms with Gasteiger partial charge in [-0.25, -0.2) is 8.78 Å². The van der Waals surface area contributed by atoms with Gasteiger partial charge < -0.3 is 0 Å². The summed E-state index contributed by atoms with van der Waals surface area (Å²) in [5.41, 5.74) is -2.61. The lowest BCUT2D eigenvalue weighted by Crippen LogP contribution is -2.50. The summed E-state index contributed by atoms with van der Waals surface area (Å²) < 4.78 is 78.3. The van der Waals surface area contributed by atoms with Gasteiger partial charge in [0.1, 0.15) is 17.2 Å². The fourth-order valence-electron chi connectivity index (χ4n) is 7.17. The Kier molecular flexibility index (Phi) is 7.56. The molecule has 0 saturated heterocycles. The maximum atomic E-state index is 15.9.